The molecule has 0 bridgehead atoms. The van der Waals surface area contributed by atoms with Crippen LogP contribution < -0.4 is 0 Å². The largest absolute Gasteiger partial charge is 0.272 e. The Bertz CT molecular complexity index is 419. The fourth-order valence-corrected chi connectivity index (χ4v) is 2.81. The van der Waals surface area contributed by atoms with E-state index < -0.39 is 0 Å². The number of rotatable bonds is 3. The summed E-state index contributed by atoms with van der Waals surface area (Å²) in [5, 5.41) is 13.9. The first-order chi connectivity index (χ1) is 8.19. The predicted molar refractivity (Wildman–Crippen MR) is 67.4 cm³/mol. The molecule has 1 aliphatic carbocycles. The van der Waals surface area contributed by atoms with Crippen LogP contribution in [0.5, 0.6) is 0 Å². The molecule has 0 aliphatic heterocycles. The van der Waals surface area contributed by atoms with Gasteiger partial charge in [0, 0.05) is 19.2 Å². The molecule has 1 heterocycles. The van der Waals surface area contributed by atoms with Crippen LogP contribution in [-0.2, 0) is 19.9 Å². The van der Waals surface area contributed by atoms with Gasteiger partial charge in [0.25, 0.3) is 0 Å². The summed E-state index contributed by atoms with van der Waals surface area (Å²) in [6, 6.07) is 4.74. The van der Waals surface area contributed by atoms with Crippen molar-refractivity contribution < 1.29 is 0 Å². The molecule has 1 aliphatic rings. The quantitative estimate of drug-likeness (QED) is 0.802. The summed E-state index contributed by atoms with van der Waals surface area (Å²) >= 11 is 0. The minimum atomic E-state index is -0.128. The van der Waals surface area contributed by atoms with E-state index in [0.717, 1.165) is 31.4 Å². The molecule has 1 fully saturated rings. The van der Waals surface area contributed by atoms with Crippen LogP contribution >= 0.6 is 0 Å². The molecule has 1 aromatic rings. The summed E-state index contributed by atoms with van der Waals surface area (Å²) in [6.07, 6.45) is 7.62. The zero-order chi connectivity index (χ0) is 12.3. The maximum Gasteiger partial charge on any atom is 0.0693 e. The lowest BCUT2D eigenvalue weighted by atomic mass is 9.72. The Kier molecular flexibility index (Phi) is 3.51. The van der Waals surface area contributed by atoms with Crippen molar-refractivity contribution in [2.75, 3.05) is 0 Å². The number of nitrogens with zero attached hydrogens (tertiary/aromatic N) is 3. The van der Waals surface area contributed by atoms with Gasteiger partial charge in [0.2, 0.25) is 0 Å². The first kappa shape index (κ1) is 12.2. The van der Waals surface area contributed by atoms with E-state index in [-0.39, 0.29) is 5.41 Å². The highest BCUT2D eigenvalue weighted by Gasteiger charge is 2.33. The van der Waals surface area contributed by atoms with E-state index in [9.17, 15) is 5.26 Å². The van der Waals surface area contributed by atoms with Crippen molar-refractivity contribution in [1.82, 2.24) is 9.78 Å². The summed E-state index contributed by atoms with van der Waals surface area (Å²) in [4.78, 5) is 0. The minimum Gasteiger partial charge on any atom is -0.272 e. The Labute approximate surface area is 103 Å². The SMILES string of the molecule is CCc1cc(CC2(C#N)CCCCC2)n(C)n1. The minimum absolute atomic E-state index is 0.128. The average Bonchev–Trinajstić information content (AvgIpc) is 2.71. The summed E-state index contributed by atoms with van der Waals surface area (Å²) < 4.78 is 1.95. The zero-order valence-electron chi connectivity index (χ0n) is 10.9. The second kappa shape index (κ2) is 4.91. The van der Waals surface area contributed by atoms with E-state index in [1.165, 1.54) is 25.0 Å². The van der Waals surface area contributed by atoms with Gasteiger partial charge in [-0.25, -0.2) is 0 Å². The van der Waals surface area contributed by atoms with Gasteiger partial charge in [-0.05, 0) is 25.3 Å². The standard InChI is InChI=1S/C14H21N3/c1-3-12-9-13(17(2)16-12)10-14(11-15)7-5-4-6-8-14/h9H,3-8,10H2,1-2H3. The lowest BCUT2D eigenvalue weighted by molar-refractivity contribution is 0.261. The molecule has 0 saturated heterocycles. The van der Waals surface area contributed by atoms with Crippen LogP contribution in [0, 0.1) is 16.7 Å². The lowest BCUT2D eigenvalue weighted by Gasteiger charge is -2.30. The van der Waals surface area contributed by atoms with Gasteiger partial charge in [0.1, 0.15) is 0 Å². The maximum atomic E-state index is 9.48. The molecular weight excluding hydrogens is 210 g/mol. The highest BCUT2D eigenvalue weighted by molar-refractivity contribution is 5.16. The second-order valence-corrected chi connectivity index (χ2v) is 5.23. The van der Waals surface area contributed by atoms with Crippen LogP contribution in [0.25, 0.3) is 0 Å². The number of hydrogen-bond donors (Lipinski definition) is 0. The topological polar surface area (TPSA) is 41.6 Å². The van der Waals surface area contributed by atoms with Crippen molar-refractivity contribution in [2.45, 2.75) is 51.9 Å². The van der Waals surface area contributed by atoms with Gasteiger partial charge in [0.15, 0.2) is 0 Å². The third-order valence-corrected chi connectivity index (χ3v) is 3.96. The van der Waals surface area contributed by atoms with Gasteiger partial charge < -0.3 is 0 Å². The van der Waals surface area contributed by atoms with Crippen LogP contribution in [-0.4, -0.2) is 9.78 Å². The fourth-order valence-electron chi connectivity index (χ4n) is 2.81. The number of nitriles is 1. The molecule has 1 aromatic heterocycles. The number of aryl methyl sites for hydroxylation is 2. The highest BCUT2D eigenvalue weighted by atomic mass is 15.3. The lowest BCUT2D eigenvalue weighted by Crippen LogP contribution is -2.25. The molecule has 0 N–H and O–H groups in total. The van der Waals surface area contributed by atoms with Crippen LogP contribution in [0.4, 0.5) is 0 Å². The molecule has 3 nitrogen and oxygen atoms in total. The maximum absolute atomic E-state index is 9.48. The molecule has 2 rings (SSSR count). The van der Waals surface area contributed by atoms with Crippen molar-refractivity contribution >= 4 is 0 Å². The summed E-state index contributed by atoms with van der Waals surface area (Å²) in [6.45, 7) is 2.12. The normalized spacial score (nSPS) is 18.9. The van der Waals surface area contributed by atoms with Gasteiger partial charge in [-0.3, -0.25) is 4.68 Å². The Morgan fingerprint density at radius 2 is 2.12 bits per heavy atom. The highest BCUT2D eigenvalue weighted by Crippen LogP contribution is 2.38. The fraction of sp³-hybridized carbons (Fsp3) is 0.714. The van der Waals surface area contributed by atoms with Crippen LogP contribution in [0.15, 0.2) is 6.07 Å². The van der Waals surface area contributed by atoms with Crippen LogP contribution in [0.3, 0.4) is 0 Å². The molecular formula is C14H21N3. The average molecular weight is 231 g/mol. The van der Waals surface area contributed by atoms with Gasteiger partial charge in [-0.2, -0.15) is 10.4 Å². The van der Waals surface area contributed by atoms with E-state index >= 15 is 0 Å². The molecule has 92 valence electrons. The van der Waals surface area contributed by atoms with Crippen LogP contribution in [0.2, 0.25) is 0 Å². The molecule has 3 heteroatoms. The van der Waals surface area contributed by atoms with Gasteiger partial charge in [-0.1, -0.05) is 26.2 Å². The Morgan fingerprint density at radius 3 is 2.65 bits per heavy atom. The number of hydrogen-bond acceptors (Lipinski definition) is 2. The molecule has 0 spiro atoms. The van der Waals surface area contributed by atoms with Crippen molar-refractivity contribution in [3.63, 3.8) is 0 Å². The van der Waals surface area contributed by atoms with E-state index in [2.05, 4.69) is 24.2 Å². The third-order valence-electron chi connectivity index (χ3n) is 3.96. The monoisotopic (exact) mass is 231 g/mol. The number of aromatic nitrogens is 2. The zero-order valence-corrected chi connectivity index (χ0v) is 10.9. The second-order valence-electron chi connectivity index (χ2n) is 5.23. The van der Waals surface area contributed by atoms with E-state index in [0.29, 0.717) is 0 Å². The molecule has 0 amide bonds. The molecule has 0 atom stereocenters. The Morgan fingerprint density at radius 1 is 1.41 bits per heavy atom. The summed E-state index contributed by atoms with van der Waals surface area (Å²) in [5.41, 5.74) is 2.22. The van der Waals surface area contributed by atoms with Gasteiger partial charge >= 0.3 is 0 Å². The molecule has 0 radical (unpaired) electrons. The van der Waals surface area contributed by atoms with E-state index in [1.54, 1.807) is 0 Å². The smallest absolute Gasteiger partial charge is 0.0693 e. The first-order valence-corrected chi connectivity index (χ1v) is 6.62. The first-order valence-electron chi connectivity index (χ1n) is 6.62. The molecule has 0 unspecified atom stereocenters. The molecule has 17 heavy (non-hydrogen) atoms. The Hall–Kier alpha value is -1.30. The van der Waals surface area contributed by atoms with Gasteiger partial charge in [-0.15, -0.1) is 0 Å². The van der Waals surface area contributed by atoms with Gasteiger partial charge in [0.05, 0.1) is 17.2 Å². The molecule has 1 saturated carbocycles. The molecule has 0 aromatic carbocycles. The summed E-state index contributed by atoms with van der Waals surface area (Å²) in [7, 11) is 1.99. The van der Waals surface area contributed by atoms with Crippen molar-refractivity contribution in [3.05, 3.63) is 17.5 Å². The summed E-state index contributed by atoms with van der Waals surface area (Å²) in [5.74, 6) is 0. The van der Waals surface area contributed by atoms with Crippen LogP contribution in [0.1, 0.15) is 50.4 Å². The van der Waals surface area contributed by atoms with Crippen molar-refractivity contribution in [3.8, 4) is 6.07 Å². The predicted octanol–water partition coefficient (Wildman–Crippen LogP) is 3.00. The Balaban J connectivity index is 2.17. The third kappa shape index (κ3) is 2.52. The van der Waals surface area contributed by atoms with Crippen molar-refractivity contribution in [2.24, 2.45) is 12.5 Å². The van der Waals surface area contributed by atoms with E-state index in [1.807, 2.05) is 11.7 Å². The van der Waals surface area contributed by atoms with Crippen molar-refractivity contribution in [1.29, 1.82) is 5.26 Å². The van der Waals surface area contributed by atoms with E-state index in [4.69, 9.17) is 0 Å².